The summed E-state index contributed by atoms with van der Waals surface area (Å²) < 4.78 is 5.96. The van der Waals surface area contributed by atoms with E-state index in [0.717, 1.165) is 35.4 Å². The number of nitrogens with one attached hydrogen (secondary N) is 3. The van der Waals surface area contributed by atoms with Crippen molar-refractivity contribution in [2.45, 2.75) is 6.92 Å². The molecule has 1 fully saturated rings. The number of aromatic nitrogens is 1. The molecule has 5 rings (SSSR count). The number of aryl methyl sites for hydroxylation is 1. The minimum absolute atomic E-state index is 0.156. The minimum atomic E-state index is -0.250. The van der Waals surface area contributed by atoms with Crippen LogP contribution in [-0.4, -0.2) is 66.1 Å². The Kier molecular flexibility index (Phi) is 8.18. The number of rotatable bonds is 7. The van der Waals surface area contributed by atoms with Crippen molar-refractivity contribution in [2.24, 2.45) is 0 Å². The lowest BCUT2D eigenvalue weighted by molar-refractivity contribution is 0.148. The number of hydrogen-bond donors (Lipinski definition) is 3. The zero-order valence-corrected chi connectivity index (χ0v) is 21.9. The number of hydrogen-bond acceptors (Lipinski definition) is 5. The van der Waals surface area contributed by atoms with Gasteiger partial charge in [-0.15, -0.1) is 0 Å². The molecule has 0 bridgehead atoms. The Bertz CT molecular complexity index is 1440. The molecule has 9 heteroatoms. The fraction of sp³-hybridized carbons (Fsp3) is 0.233. The van der Waals surface area contributed by atoms with Crippen LogP contribution in [0.1, 0.15) is 5.69 Å². The fourth-order valence-corrected chi connectivity index (χ4v) is 4.55. The molecule has 1 aliphatic heterocycles. The van der Waals surface area contributed by atoms with Crippen LogP contribution in [0.2, 0.25) is 0 Å². The van der Waals surface area contributed by atoms with Crippen molar-refractivity contribution >= 4 is 34.3 Å². The summed E-state index contributed by atoms with van der Waals surface area (Å²) >= 11 is 0. The summed E-state index contributed by atoms with van der Waals surface area (Å²) in [5.41, 5.74) is 3.06. The van der Waals surface area contributed by atoms with Gasteiger partial charge < -0.3 is 25.6 Å². The average molecular weight is 525 g/mol. The zero-order chi connectivity index (χ0) is 27.0. The summed E-state index contributed by atoms with van der Waals surface area (Å²) in [6.45, 7) is 5.77. The summed E-state index contributed by atoms with van der Waals surface area (Å²) in [6, 6.07) is 26.1. The van der Waals surface area contributed by atoms with Crippen LogP contribution in [0.3, 0.4) is 0 Å². The SMILES string of the molecule is Cc1cc(NC(=O)NCCN2CCN(C(=O)Nc3ccccc3Oc3ccccc3)CC2)c2ccccc2n1. The van der Waals surface area contributed by atoms with Gasteiger partial charge in [-0.1, -0.05) is 48.5 Å². The summed E-state index contributed by atoms with van der Waals surface area (Å²) in [5.74, 6) is 1.30. The van der Waals surface area contributed by atoms with Crippen molar-refractivity contribution in [2.75, 3.05) is 49.9 Å². The van der Waals surface area contributed by atoms with Gasteiger partial charge in [0, 0.05) is 50.3 Å². The van der Waals surface area contributed by atoms with Gasteiger partial charge in [-0.25, -0.2) is 9.59 Å². The molecule has 0 radical (unpaired) electrons. The molecular formula is C30H32N6O3. The molecule has 9 nitrogen and oxygen atoms in total. The minimum Gasteiger partial charge on any atom is -0.455 e. The lowest BCUT2D eigenvalue weighted by Crippen LogP contribution is -2.51. The Hall–Kier alpha value is -4.63. The molecule has 1 aliphatic rings. The van der Waals surface area contributed by atoms with Crippen molar-refractivity contribution < 1.29 is 14.3 Å². The van der Waals surface area contributed by atoms with Crippen molar-refractivity contribution in [1.82, 2.24) is 20.1 Å². The molecule has 3 aromatic carbocycles. The van der Waals surface area contributed by atoms with E-state index in [4.69, 9.17) is 4.74 Å². The van der Waals surface area contributed by atoms with Gasteiger partial charge in [-0.2, -0.15) is 0 Å². The molecule has 1 saturated heterocycles. The van der Waals surface area contributed by atoms with Crippen LogP contribution in [0.25, 0.3) is 10.9 Å². The second-order valence-electron chi connectivity index (χ2n) is 9.38. The Morgan fingerprint density at radius 2 is 1.56 bits per heavy atom. The molecule has 3 N–H and O–H groups in total. The zero-order valence-electron chi connectivity index (χ0n) is 21.9. The third-order valence-corrected chi connectivity index (χ3v) is 6.57. The maximum Gasteiger partial charge on any atom is 0.322 e. The second-order valence-corrected chi connectivity index (χ2v) is 9.38. The highest BCUT2D eigenvalue weighted by molar-refractivity contribution is 6.00. The van der Waals surface area contributed by atoms with Crippen molar-refractivity contribution in [3.63, 3.8) is 0 Å². The van der Waals surface area contributed by atoms with E-state index in [9.17, 15) is 9.59 Å². The molecule has 4 aromatic rings. The number of para-hydroxylation sites is 4. The highest BCUT2D eigenvalue weighted by atomic mass is 16.5. The number of nitrogens with zero attached hydrogens (tertiary/aromatic N) is 3. The Balaban J connectivity index is 1.06. The van der Waals surface area contributed by atoms with E-state index in [1.807, 2.05) is 91.9 Å². The number of anilines is 2. The first-order chi connectivity index (χ1) is 19.0. The molecule has 0 atom stereocenters. The normalized spacial score (nSPS) is 13.6. The summed E-state index contributed by atoms with van der Waals surface area (Å²) in [7, 11) is 0. The monoisotopic (exact) mass is 524 g/mol. The quantitative estimate of drug-likeness (QED) is 0.305. The number of benzene rings is 3. The number of urea groups is 2. The molecule has 0 spiro atoms. The topological polar surface area (TPSA) is 98.8 Å². The molecule has 39 heavy (non-hydrogen) atoms. The number of amides is 4. The first kappa shape index (κ1) is 26.0. The Morgan fingerprint density at radius 3 is 2.38 bits per heavy atom. The van der Waals surface area contributed by atoms with E-state index in [1.165, 1.54) is 0 Å². The van der Waals surface area contributed by atoms with Gasteiger partial charge in [-0.3, -0.25) is 9.88 Å². The Morgan fingerprint density at radius 1 is 0.846 bits per heavy atom. The standard InChI is InChI=1S/C30H32N6O3/c1-22-21-27(24-11-5-6-12-25(24)32-22)33-29(37)31-15-16-35-17-19-36(20-18-35)30(38)34-26-13-7-8-14-28(26)39-23-9-3-2-4-10-23/h2-14,21H,15-20H2,1H3,(H,34,38)(H2,31,32,33,37). The van der Waals surface area contributed by atoms with Crippen LogP contribution < -0.4 is 20.7 Å². The summed E-state index contributed by atoms with van der Waals surface area (Å²) in [4.78, 5) is 34.0. The largest absolute Gasteiger partial charge is 0.455 e. The molecular weight excluding hydrogens is 492 g/mol. The third kappa shape index (κ3) is 6.82. The average Bonchev–Trinajstić information content (AvgIpc) is 2.95. The molecule has 1 aromatic heterocycles. The first-order valence-electron chi connectivity index (χ1n) is 13.1. The van der Waals surface area contributed by atoms with Crippen molar-refractivity contribution in [3.8, 4) is 11.5 Å². The van der Waals surface area contributed by atoms with Crippen LogP contribution in [0.5, 0.6) is 11.5 Å². The van der Waals surface area contributed by atoms with Gasteiger partial charge >= 0.3 is 12.1 Å². The van der Waals surface area contributed by atoms with E-state index in [0.29, 0.717) is 43.4 Å². The van der Waals surface area contributed by atoms with Gasteiger partial charge in [0.1, 0.15) is 5.75 Å². The third-order valence-electron chi connectivity index (χ3n) is 6.57. The predicted molar refractivity (Wildman–Crippen MR) is 153 cm³/mol. The van der Waals surface area contributed by atoms with Gasteiger partial charge in [0.15, 0.2) is 5.75 Å². The maximum absolute atomic E-state index is 12.9. The number of carbonyl (C=O) groups excluding carboxylic acids is 2. The van der Waals surface area contributed by atoms with Crippen molar-refractivity contribution in [1.29, 1.82) is 0 Å². The van der Waals surface area contributed by atoms with E-state index in [2.05, 4.69) is 25.8 Å². The number of ether oxygens (including phenoxy) is 1. The van der Waals surface area contributed by atoms with Crippen LogP contribution in [0.15, 0.2) is 84.9 Å². The fourth-order valence-electron chi connectivity index (χ4n) is 4.55. The molecule has 2 heterocycles. The first-order valence-corrected chi connectivity index (χ1v) is 13.1. The van der Waals surface area contributed by atoms with E-state index < -0.39 is 0 Å². The maximum atomic E-state index is 12.9. The van der Waals surface area contributed by atoms with E-state index >= 15 is 0 Å². The predicted octanol–water partition coefficient (Wildman–Crippen LogP) is 5.31. The van der Waals surface area contributed by atoms with Crippen molar-refractivity contribution in [3.05, 3.63) is 90.6 Å². The Labute approximate surface area is 227 Å². The van der Waals surface area contributed by atoms with E-state index in [1.54, 1.807) is 4.90 Å². The van der Waals surface area contributed by atoms with Gasteiger partial charge in [-0.05, 0) is 43.3 Å². The number of carbonyl (C=O) groups is 2. The lowest BCUT2D eigenvalue weighted by Gasteiger charge is -2.34. The van der Waals surface area contributed by atoms with Gasteiger partial charge in [0.2, 0.25) is 0 Å². The highest BCUT2D eigenvalue weighted by Gasteiger charge is 2.22. The van der Waals surface area contributed by atoms with E-state index in [-0.39, 0.29) is 12.1 Å². The van der Waals surface area contributed by atoms with Gasteiger partial charge in [0.05, 0.1) is 16.9 Å². The molecule has 4 amide bonds. The molecule has 0 saturated carbocycles. The summed E-state index contributed by atoms with van der Waals surface area (Å²) in [5, 5.41) is 9.78. The van der Waals surface area contributed by atoms with Crippen LogP contribution >= 0.6 is 0 Å². The molecule has 0 aliphatic carbocycles. The van der Waals surface area contributed by atoms with Crippen LogP contribution in [0.4, 0.5) is 21.0 Å². The second kappa shape index (κ2) is 12.3. The number of fused-ring (bicyclic) bond motifs is 1. The smallest absolute Gasteiger partial charge is 0.322 e. The molecule has 200 valence electrons. The number of piperazine rings is 1. The van der Waals surface area contributed by atoms with Crippen LogP contribution in [0, 0.1) is 6.92 Å². The highest BCUT2D eigenvalue weighted by Crippen LogP contribution is 2.29. The summed E-state index contributed by atoms with van der Waals surface area (Å²) in [6.07, 6.45) is 0. The lowest BCUT2D eigenvalue weighted by atomic mass is 10.1. The van der Waals surface area contributed by atoms with Crippen LogP contribution in [-0.2, 0) is 0 Å². The molecule has 0 unspecified atom stereocenters. The van der Waals surface area contributed by atoms with Gasteiger partial charge in [0.25, 0.3) is 0 Å². The number of pyridine rings is 1.